The van der Waals surface area contributed by atoms with Crippen LogP contribution >= 0.6 is 0 Å². The van der Waals surface area contributed by atoms with Crippen LogP contribution in [0.4, 0.5) is 13.2 Å². The van der Waals surface area contributed by atoms with Crippen molar-refractivity contribution in [3.8, 4) is 0 Å². The summed E-state index contributed by atoms with van der Waals surface area (Å²) in [5.41, 5.74) is 2.92. The van der Waals surface area contributed by atoms with Crippen LogP contribution < -0.4 is 0 Å². The highest BCUT2D eigenvalue weighted by molar-refractivity contribution is 5.28. The summed E-state index contributed by atoms with van der Waals surface area (Å²) in [7, 11) is 0. The van der Waals surface area contributed by atoms with Gasteiger partial charge in [-0.05, 0) is 110 Å². The summed E-state index contributed by atoms with van der Waals surface area (Å²) >= 11 is 0. The predicted octanol–water partition coefficient (Wildman–Crippen LogP) is 10.2. The molecule has 2 saturated carbocycles. The lowest BCUT2D eigenvalue weighted by molar-refractivity contribution is -0.282. The third-order valence-corrected chi connectivity index (χ3v) is 8.61. The molecule has 0 amide bonds. The van der Waals surface area contributed by atoms with Crippen molar-refractivity contribution in [3.05, 3.63) is 96.1 Å². The maximum absolute atomic E-state index is 14.8. The fourth-order valence-corrected chi connectivity index (χ4v) is 6.10. The van der Waals surface area contributed by atoms with E-state index in [9.17, 15) is 13.2 Å². The number of hydrogen-bond acceptors (Lipinski definition) is 1. The Morgan fingerprint density at radius 1 is 0.811 bits per heavy atom. The molecule has 0 aliphatic heterocycles. The number of allylic oxidation sites excluding steroid dienone is 2. The van der Waals surface area contributed by atoms with Crippen molar-refractivity contribution in [2.24, 2.45) is 11.8 Å². The van der Waals surface area contributed by atoms with Gasteiger partial charge in [-0.1, -0.05) is 60.7 Å². The molecule has 2 aromatic carbocycles. The normalized spacial score (nSPS) is 25.4. The molecule has 37 heavy (non-hydrogen) atoms. The molecule has 0 heterocycles. The molecule has 4 heteroatoms. The molecule has 2 aliphatic rings. The van der Waals surface area contributed by atoms with Crippen LogP contribution in [0.15, 0.2) is 73.8 Å². The van der Waals surface area contributed by atoms with E-state index in [1.54, 1.807) is 12.1 Å². The van der Waals surface area contributed by atoms with Gasteiger partial charge in [0.1, 0.15) is 0 Å². The van der Waals surface area contributed by atoms with Gasteiger partial charge in [-0.3, -0.25) is 0 Å². The zero-order valence-electron chi connectivity index (χ0n) is 21.9. The fraction of sp³-hybridized carbons (Fsp3) is 0.515. The molecular weight excluding hydrogens is 469 g/mol. The second-order valence-electron chi connectivity index (χ2n) is 11.1. The molecule has 1 nitrogen and oxygen atoms in total. The third kappa shape index (κ3) is 7.37. The highest BCUT2D eigenvalue weighted by atomic mass is 19.3. The summed E-state index contributed by atoms with van der Waals surface area (Å²) in [6.07, 6.45) is 8.95. The average molecular weight is 511 g/mol. The second-order valence-corrected chi connectivity index (χ2v) is 11.1. The first-order valence-corrected chi connectivity index (χ1v) is 14.0. The van der Waals surface area contributed by atoms with Crippen molar-refractivity contribution in [2.45, 2.75) is 94.9 Å². The van der Waals surface area contributed by atoms with E-state index in [0.29, 0.717) is 23.3 Å². The molecule has 0 saturated heterocycles. The molecule has 0 bridgehead atoms. The van der Waals surface area contributed by atoms with Crippen molar-refractivity contribution >= 4 is 0 Å². The number of alkyl halides is 3. The third-order valence-electron chi connectivity index (χ3n) is 8.61. The zero-order chi connectivity index (χ0) is 26.3. The predicted molar refractivity (Wildman–Crippen MR) is 145 cm³/mol. The van der Waals surface area contributed by atoms with Crippen molar-refractivity contribution in [2.75, 3.05) is 0 Å². The molecule has 2 aromatic rings. The topological polar surface area (TPSA) is 9.23 Å². The molecular formula is C33H41F3O. The Hall–Kier alpha value is -2.33. The highest BCUT2D eigenvalue weighted by Gasteiger charge is 2.43. The fourth-order valence-electron chi connectivity index (χ4n) is 6.10. The zero-order valence-corrected chi connectivity index (χ0v) is 21.9. The smallest absolute Gasteiger partial charge is 0.313 e. The van der Waals surface area contributed by atoms with Gasteiger partial charge >= 0.3 is 6.11 Å². The minimum absolute atomic E-state index is 0.0485. The Morgan fingerprint density at radius 3 is 1.89 bits per heavy atom. The van der Waals surface area contributed by atoms with Crippen LogP contribution in [0.1, 0.15) is 104 Å². The molecule has 0 N–H and O–H groups in total. The average Bonchev–Trinajstić information content (AvgIpc) is 2.95. The first kappa shape index (κ1) is 27.7. The van der Waals surface area contributed by atoms with E-state index in [1.807, 2.05) is 36.4 Å². The molecule has 1 atom stereocenters. The summed E-state index contributed by atoms with van der Waals surface area (Å²) in [5.74, 6) is 2.26. The first-order valence-electron chi connectivity index (χ1n) is 14.0. The van der Waals surface area contributed by atoms with Gasteiger partial charge in [0.05, 0.1) is 6.61 Å². The molecule has 0 radical (unpaired) electrons. The molecule has 2 fully saturated rings. The van der Waals surface area contributed by atoms with E-state index < -0.39 is 12.3 Å². The SMILES string of the molecule is C=CCCC1CCC(c2ccc(COC(F)(F)C(F)c3ccc(C4CCC(C=C)CC4)cc3)cc2)CC1. The molecule has 4 rings (SSSR count). The number of halogens is 3. The summed E-state index contributed by atoms with van der Waals surface area (Å²) in [6.45, 7) is 7.36. The maximum atomic E-state index is 14.8. The van der Waals surface area contributed by atoms with Gasteiger partial charge in [-0.15, -0.1) is 13.2 Å². The lowest BCUT2D eigenvalue weighted by Gasteiger charge is -2.28. The van der Waals surface area contributed by atoms with Gasteiger partial charge in [0.2, 0.25) is 6.17 Å². The lowest BCUT2D eigenvalue weighted by Crippen LogP contribution is -2.27. The molecule has 2 aliphatic carbocycles. The summed E-state index contributed by atoms with van der Waals surface area (Å²) < 4.78 is 48.8. The Labute approximate surface area is 220 Å². The minimum Gasteiger partial charge on any atom is -0.313 e. The molecule has 0 aromatic heterocycles. The van der Waals surface area contributed by atoms with Crippen molar-refractivity contribution in [1.29, 1.82) is 0 Å². The van der Waals surface area contributed by atoms with Gasteiger partial charge in [0.15, 0.2) is 0 Å². The standard InChI is InChI=1S/C33H41F3O/c1-3-5-6-25-9-15-28(16-10-25)29-17-11-26(12-18-29)23-37-33(35,36)32(34)31-21-19-30(20-22-31)27-13-7-24(4-2)8-14-27/h3-4,11-12,17-22,24-25,27-28,32H,1-2,5-10,13-16,23H2. The summed E-state index contributed by atoms with van der Waals surface area (Å²) in [4.78, 5) is 0. The second kappa shape index (κ2) is 13.0. The van der Waals surface area contributed by atoms with Crippen LogP contribution in [0.5, 0.6) is 0 Å². The van der Waals surface area contributed by atoms with E-state index in [4.69, 9.17) is 4.74 Å². The Kier molecular flexibility index (Phi) is 9.70. The van der Waals surface area contributed by atoms with Gasteiger partial charge < -0.3 is 4.74 Å². The number of hydrogen-bond donors (Lipinski definition) is 0. The monoisotopic (exact) mass is 510 g/mol. The summed E-state index contributed by atoms with van der Waals surface area (Å²) in [5, 5.41) is 0. The molecule has 1 unspecified atom stereocenters. The van der Waals surface area contributed by atoms with Crippen LogP contribution in [0.2, 0.25) is 0 Å². The van der Waals surface area contributed by atoms with Gasteiger partial charge in [0, 0.05) is 0 Å². The minimum atomic E-state index is -3.90. The van der Waals surface area contributed by atoms with Crippen LogP contribution in [0, 0.1) is 11.8 Å². The van der Waals surface area contributed by atoms with Crippen LogP contribution in [0.25, 0.3) is 0 Å². The summed E-state index contributed by atoms with van der Waals surface area (Å²) in [6, 6.07) is 14.2. The highest BCUT2D eigenvalue weighted by Crippen LogP contribution is 2.40. The van der Waals surface area contributed by atoms with Crippen LogP contribution in [-0.4, -0.2) is 6.11 Å². The van der Waals surface area contributed by atoms with Gasteiger partial charge in [0.25, 0.3) is 0 Å². The largest absolute Gasteiger partial charge is 0.391 e. The quantitative estimate of drug-likeness (QED) is 0.273. The van der Waals surface area contributed by atoms with E-state index in [1.165, 1.54) is 37.0 Å². The lowest BCUT2D eigenvalue weighted by atomic mass is 9.77. The number of rotatable bonds is 11. The van der Waals surface area contributed by atoms with Crippen LogP contribution in [0.3, 0.4) is 0 Å². The van der Waals surface area contributed by atoms with E-state index in [2.05, 4.69) is 13.2 Å². The number of benzene rings is 2. The molecule has 200 valence electrons. The van der Waals surface area contributed by atoms with Crippen molar-refractivity contribution in [1.82, 2.24) is 0 Å². The van der Waals surface area contributed by atoms with Crippen molar-refractivity contribution in [3.63, 3.8) is 0 Å². The maximum Gasteiger partial charge on any atom is 0.391 e. The first-order chi connectivity index (χ1) is 17.9. The van der Waals surface area contributed by atoms with E-state index >= 15 is 0 Å². The van der Waals surface area contributed by atoms with Gasteiger partial charge in [-0.25, -0.2) is 4.39 Å². The Balaban J connectivity index is 1.27. The van der Waals surface area contributed by atoms with Gasteiger partial charge in [-0.2, -0.15) is 8.78 Å². The molecule has 0 spiro atoms. The van der Waals surface area contributed by atoms with Crippen LogP contribution in [-0.2, 0) is 11.3 Å². The van der Waals surface area contributed by atoms with Crippen molar-refractivity contribution < 1.29 is 17.9 Å². The van der Waals surface area contributed by atoms with E-state index in [-0.39, 0.29) is 12.2 Å². The Bertz CT molecular complexity index is 981. The Morgan fingerprint density at radius 2 is 1.35 bits per heavy atom. The number of ether oxygens (including phenoxy) is 1. The van der Waals surface area contributed by atoms with E-state index in [0.717, 1.165) is 56.4 Å².